The summed E-state index contributed by atoms with van der Waals surface area (Å²) in [5.41, 5.74) is 3.84. The second-order valence-electron chi connectivity index (χ2n) is 6.14. The summed E-state index contributed by atoms with van der Waals surface area (Å²) in [5.74, 6) is 0. The van der Waals surface area contributed by atoms with Crippen molar-refractivity contribution in [3.05, 3.63) is 48.2 Å². The zero-order chi connectivity index (χ0) is 15.9. The summed E-state index contributed by atoms with van der Waals surface area (Å²) in [6.07, 6.45) is 10.7. The normalized spacial score (nSPS) is 14.4. The van der Waals surface area contributed by atoms with E-state index in [1.165, 1.54) is 36.0 Å². The van der Waals surface area contributed by atoms with E-state index >= 15 is 0 Å². The van der Waals surface area contributed by atoms with Crippen molar-refractivity contribution in [2.75, 3.05) is 0 Å². The van der Waals surface area contributed by atoms with Crippen LogP contribution in [-0.2, 0) is 11.2 Å². The summed E-state index contributed by atoms with van der Waals surface area (Å²) in [6.45, 7) is 0. The zero-order valence-electron chi connectivity index (χ0n) is 13.4. The van der Waals surface area contributed by atoms with Gasteiger partial charge in [0.2, 0.25) is 0 Å². The quantitative estimate of drug-likeness (QED) is 0.487. The molecular formula is C20H23NOS. The van der Waals surface area contributed by atoms with Gasteiger partial charge in [0, 0.05) is 23.4 Å². The Kier molecular flexibility index (Phi) is 5.87. The molecule has 1 saturated carbocycles. The molecule has 1 heterocycles. The number of aryl methyl sites for hydroxylation is 1. The predicted molar refractivity (Wildman–Crippen MR) is 96.8 cm³/mol. The molecule has 2 aromatic rings. The molecule has 1 aliphatic carbocycles. The number of hydrogen-bond acceptors (Lipinski definition) is 3. The van der Waals surface area contributed by atoms with Crippen molar-refractivity contribution in [2.45, 2.75) is 55.2 Å². The maximum atomic E-state index is 10.3. The highest BCUT2D eigenvalue weighted by atomic mass is 32.2. The van der Waals surface area contributed by atoms with Crippen molar-refractivity contribution in [1.82, 2.24) is 4.98 Å². The lowest BCUT2D eigenvalue weighted by Gasteiger charge is -2.24. The third kappa shape index (κ3) is 4.44. The number of pyridine rings is 1. The Morgan fingerprint density at radius 1 is 1.13 bits per heavy atom. The van der Waals surface area contributed by atoms with E-state index < -0.39 is 0 Å². The van der Waals surface area contributed by atoms with Gasteiger partial charge in [0.15, 0.2) is 0 Å². The van der Waals surface area contributed by atoms with Gasteiger partial charge in [-0.3, -0.25) is 0 Å². The monoisotopic (exact) mass is 325 g/mol. The Labute approximate surface area is 142 Å². The molecule has 1 fully saturated rings. The van der Waals surface area contributed by atoms with E-state index in [1.807, 2.05) is 24.0 Å². The van der Waals surface area contributed by atoms with Crippen LogP contribution in [0, 0.1) is 0 Å². The van der Waals surface area contributed by atoms with Gasteiger partial charge in [-0.1, -0.05) is 36.8 Å². The van der Waals surface area contributed by atoms with E-state index in [2.05, 4.69) is 35.3 Å². The molecule has 3 rings (SSSR count). The van der Waals surface area contributed by atoms with Gasteiger partial charge in [-0.15, -0.1) is 11.8 Å². The summed E-state index contributed by atoms with van der Waals surface area (Å²) >= 11 is 1.93. The Morgan fingerprint density at radius 3 is 2.65 bits per heavy atom. The average molecular weight is 325 g/mol. The van der Waals surface area contributed by atoms with E-state index in [9.17, 15) is 4.79 Å². The highest BCUT2D eigenvalue weighted by Gasteiger charge is 2.20. The van der Waals surface area contributed by atoms with Crippen molar-refractivity contribution < 1.29 is 4.79 Å². The fourth-order valence-corrected chi connectivity index (χ4v) is 4.08. The molecule has 23 heavy (non-hydrogen) atoms. The number of unbranched alkanes of at least 4 members (excludes halogenated alkanes) is 2. The number of nitrogens with zero attached hydrogens (tertiary/aromatic N) is 1. The fourth-order valence-electron chi connectivity index (χ4n) is 2.76. The molecule has 0 bridgehead atoms. The molecule has 0 N–H and O–H groups in total. The van der Waals surface area contributed by atoms with Gasteiger partial charge in [0.1, 0.15) is 11.3 Å². The molecule has 0 atom stereocenters. The SMILES string of the molecule is O=CCCCCc1ccc(-c2cccnc2SC2CCC2)cc1. The summed E-state index contributed by atoms with van der Waals surface area (Å²) in [4.78, 5) is 14.9. The largest absolute Gasteiger partial charge is 0.303 e. The topological polar surface area (TPSA) is 30.0 Å². The van der Waals surface area contributed by atoms with Crippen molar-refractivity contribution >= 4 is 18.0 Å². The minimum Gasteiger partial charge on any atom is -0.303 e. The zero-order valence-corrected chi connectivity index (χ0v) is 14.2. The van der Waals surface area contributed by atoms with Gasteiger partial charge in [0.25, 0.3) is 0 Å². The predicted octanol–water partition coefficient (Wildman–Crippen LogP) is 5.30. The van der Waals surface area contributed by atoms with Crippen LogP contribution in [-0.4, -0.2) is 16.5 Å². The van der Waals surface area contributed by atoms with Gasteiger partial charge in [-0.05, 0) is 49.3 Å². The maximum Gasteiger partial charge on any atom is 0.119 e. The molecule has 0 radical (unpaired) electrons. The lowest BCUT2D eigenvalue weighted by atomic mass is 10.00. The van der Waals surface area contributed by atoms with Crippen LogP contribution in [0.5, 0.6) is 0 Å². The van der Waals surface area contributed by atoms with Crippen LogP contribution >= 0.6 is 11.8 Å². The van der Waals surface area contributed by atoms with Gasteiger partial charge in [-0.2, -0.15) is 0 Å². The number of aromatic nitrogens is 1. The van der Waals surface area contributed by atoms with E-state index in [0.29, 0.717) is 6.42 Å². The van der Waals surface area contributed by atoms with E-state index in [0.717, 1.165) is 35.8 Å². The van der Waals surface area contributed by atoms with Crippen LogP contribution in [0.15, 0.2) is 47.6 Å². The molecule has 2 nitrogen and oxygen atoms in total. The first kappa shape index (κ1) is 16.3. The van der Waals surface area contributed by atoms with Crippen molar-refractivity contribution in [3.63, 3.8) is 0 Å². The lowest BCUT2D eigenvalue weighted by Crippen LogP contribution is -2.13. The van der Waals surface area contributed by atoms with Crippen LogP contribution in [0.2, 0.25) is 0 Å². The van der Waals surface area contributed by atoms with Crippen LogP contribution in [0.4, 0.5) is 0 Å². The molecule has 3 heteroatoms. The number of hydrogen-bond donors (Lipinski definition) is 0. The maximum absolute atomic E-state index is 10.3. The smallest absolute Gasteiger partial charge is 0.119 e. The third-order valence-electron chi connectivity index (χ3n) is 4.40. The molecule has 0 spiro atoms. The van der Waals surface area contributed by atoms with Gasteiger partial charge >= 0.3 is 0 Å². The van der Waals surface area contributed by atoms with E-state index in [4.69, 9.17) is 0 Å². The summed E-state index contributed by atoms with van der Waals surface area (Å²) in [6, 6.07) is 13.0. The van der Waals surface area contributed by atoms with E-state index in [-0.39, 0.29) is 0 Å². The fraction of sp³-hybridized carbons (Fsp3) is 0.400. The van der Waals surface area contributed by atoms with Gasteiger partial charge in [0.05, 0.1) is 0 Å². The molecule has 1 aliphatic rings. The first-order valence-electron chi connectivity index (χ1n) is 8.51. The van der Waals surface area contributed by atoms with Gasteiger partial charge < -0.3 is 4.79 Å². The number of aldehydes is 1. The highest BCUT2D eigenvalue weighted by Crippen LogP contribution is 2.39. The Balaban J connectivity index is 1.67. The molecule has 0 aliphatic heterocycles. The Morgan fingerprint density at radius 2 is 1.96 bits per heavy atom. The van der Waals surface area contributed by atoms with Crippen LogP contribution in [0.1, 0.15) is 44.1 Å². The van der Waals surface area contributed by atoms with Gasteiger partial charge in [-0.25, -0.2) is 4.98 Å². The summed E-state index contributed by atoms with van der Waals surface area (Å²) in [5, 5.41) is 1.91. The van der Waals surface area contributed by atoms with Crippen molar-refractivity contribution in [3.8, 4) is 11.1 Å². The molecule has 120 valence electrons. The van der Waals surface area contributed by atoms with Crippen LogP contribution in [0.3, 0.4) is 0 Å². The Bertz CT molecular complexity index is 634. The lowest BCUT2D eigenvalue weighted by molar-refractivity contribution is -0.107. The average Bonchev–Trinajstić information content (AvgIpc) is 2.56. The summed E-state index contributed by atoms with van der Waals surface area (Å²) in [7, 11) is 0. The van der Waals surface area contributed by atoms with Crippen LogP contribution < -0.4 is 0 Å². The first-order chi connectivity index (χ1) is 11.4. The molecule has 0 unspecified atom stereocenters. The number of rotatable bonds is 8. The first-order valence-corrected chi connectivity index (χ1v) is 9.39. The molecule has 0 amide bonds. The minimum absolute atomic E-state index is 0.676. The minimum atomic E-state index is 0.676. The van der Waals surface area contributed by atoms with Crippen molar-refractivity contribution in [1.29, 1.82) is 0 Å². The highest BCUT2D eigenvalue weighted by molar-refractivity contribution is 8.00. The molecule has 1 aromatic carbocycles. The Hall–Kier alpha value is -1.61. The second-order valence-corrected chi connectivity index (χ2v) is 7.43. The number of thioether (sulfide) groups is 1. The van der Waals surface area contributed by atoms with Crippen molar-refractivity contribution in [2.24, 2.45) is 0 Å². The molecular weight excluding hydrogens is 302 g/mol. The number of carbonyl (C=O) groups excluding carboxylic acids is 1. The standard InChI is InChI=1S/C20H23NOS/c22-15-3-1-2-6-16-10-12-17(13-11-16)19-9-5-14-21-20(19)23-18-7-4-8-18/h5,9-15,18H,1-4,6-8H2. The number of benzene rings is 1. The molecule has 1 aromatic heterocycles. The summed E-state index contributed by atoms with van der Waals surface area (Å²) < 4.78 is 0. The van der Waals surface area contributed by atoms with Crippen LogP contribution in [0.25, 0.3) is 11.1 Å². The number of carbonyl (C=O) groups is 1. The second kappa shape index (κ2) is 8.30. The van der Waals surface area contributed by atoms with E-state index in [1.54, 1.807) is 0 Å². The third-order valence-corrected chi connectivity index (χ3v) is 5.76. The molecule has 0 saturated heterocycles.